The van der Waals surface area contributed by atoms with Crippen LogP contribution in [0.5, 0.6) is 5.75 Å². The van der Waals surface area contributed by atoms with E-state index in [-0.39, 0.29) is 10.8 Å². The van der Waals surface area contributed by atoms with Crippen LogP contribution in [0.15, 0.2) is 34.9 Å². The SMILES string of the molecule is Cc1c(-c2cc(C(C)(C)C)cc(C(C)(C)C)c2O)nc2c(Br)cccn12. The van der Waals surface area contributed by atoms with Crippen molar-refractivity contribution in [2.75, 3.05) is 0 Å². The van der Waals surface area contributed by atoms with Gasteiger partial charge in [-0.2, -0.15) is 0 Å². The lowest BCUT2D eigenvalue weighted by atomic mass is 9.78. The Morgan fingerprint density at radius 1 is 1.04 bits per heavy atom. The Bertz CT molecular complexity index is 988. The van der Waals surface area contributed by atoms with Gasteiger partial charge in [0.2, 0.25) is 0 Å². The van der Waals surface area contributed by atoms with Crippen molar-refractivity contribution >= 4 is 21.6 Å². The van der Waals surface area contributed by atoms with Gasteiger partial charge in [-0.05, 0) is 57.4 Å². The molecular formula is C22H27BrN2O. The van der Waals surface area contributed by atoms with Crippen LogP contribution in [-0.2, 0) is 10.8 Å². The fourth-order valence-corrected chi connectivity index (χ4v) is 3.66. The molecule has 4 heteroatoms. The maximum atomic E-state index is 11.1. The summed E-state index contributed by atoms with van der Waals surface area (Å²) in [5.74, 6) is 0.327. The lowest BCUT2D eigenvalue weighted by Gasteiger charge is -2.27. The Hall–Kier alpha value is -1.81. The third-order valence-electron chi connectivity index (χ3n) is 4.88. The fourth-order valence-electron chi connectivity index (χ4n) is 3.23. The normalized spacial score (nSPS) is 12.8. The number of aromatic nitrogens is 2. The van der Waals surface area contributed by atoms with E-state index in [2.05, 4.69) is 74.0 Å². The van der Waals surface area contributed by atoms with Gasteiger partial charge in [0.05, 0.1) is 10.2 Å². The summed E-state index contributed by atoms with van der Waals surface area (Å²) < 4.78 is 3.00. The molecule has 2 heterocycles. The first-order valence-electron chi connectivity index (χ1n) is 8.93. The van der Waals surface area contributed by atoms with E-state index in [9.17, 15) is 5.11 Å². The Morgan fingerprint density at radius 3 is 2.23 bits per heavy atom. The van der Waals surface area contributed by atoms with Crippen molar-refractivity contribution in [3.05, 3.63) is 51.8 Å². The summed E-state index contributed by atoms with van der Waals surface area (Å²) in [5, 5.41) is 11.1. The third-order valence-corrected chi connectivity index (χ3v) is 5.50. The van der Waals surface area contributed by atoms with Gasteiger partial charge in [-0.1, -0.05) is 47.6 Å². The summed E-state index contributed by atoms with van der Waals surface area (Å²) in [6, 6.07) is 8.20. The molecule has 0 aliphatic rings. The molecule has 0 unspecified atom stereocenters. The van der Waals surface area contributed by atoms with Gasteiger partial charge >= 0.3 is 0 Å². The predicted molar refractivity (Wildman–Crippen MR) is 112 cm³/mol. The molecular weight excluding hydrogens is 388 g/mol. The third kappa shape index (κ3) is 3.16. The van der Waals surface area contributed by atoms with Crippen molar-refractivity contribution in [2.24, 2.45) is 0 Å². The van der Waals surface area contributed by atoms with E-state index in [0.29, 0.717) is 5.75 Å². The van der Waals surface area contributed by atoms with Gasteiger partial charge in [-0.15, -0.1) is 0 Å². The van der Waals surface area contributed by atoms with Crippen LogP contribution in [-0.4, -0.2) is 14.5 Å². The number of rotatable bonds is 1. The highest BCUT2D eigenvalue weighted by atomic mass is 79.9. The van der Waals surface area contributed by atoms with E-state index in [0.717, 1.165) is 32.6 Å². The van der Waals surface area contributed by atoms with E-state index in [1.807, 2.05) is 25.3 Å². The fraction of sp³-hybridized carbons (Fsp3) is 0.409. The summed E-state index contributed by atoms with van der Waals surface area (Å²) in [4.78, 5) is 4.85. The van der Waals surface area contributed by atoms with E-state index >= 15 is 0 Å². The molecule has 1 N–H and O–H groups in total. The van der Waals surface area contributed by atoms with Crippen LogP contribution in [0.3, 0.4) is 0 Å². The molecule has 0 radical (unpaired) electrons. The second kappa shape index (κ2) is 6.12. The van der Waals surface area contributed by atoms with Crippen molar-refractivity contribution in [2.45, 2.75) is 59.3 Å². The van der Waals surface area contributed by atoms with Crippen LogP contribution in [0.4, 0.5) is 0 Å². The van der Waals surface area contributed by atoms with Gasteiger partial charge in [-0.3, -0.25) is 0 Å². The Balaban J connectivity index is 2.38. The van der Waals surface area contributed by atoms with E-state index in [4.69, 9.17) is 4.98 Å². The number of aromatic hydroxyl groups is 1. The zero-order chi connectivity index (χ0) is 19.4. The zero-order valence-electron chi connectivity index (χ0n) is 16.6. The minimum absolute atomic E-state index is 0.0178. The highest BCUT2D eigenvalue weighted by molar-refractivity contribution is 9.10. The van der Waals surface area contributed by atoms with Crippen molar-refractivity contribution < 1.29 is 5.11 Å². The number of aryl methyl sites for hydroxylation is 1. The number of pyridine rings is 1. The number of imidazole rings is 1. The largest absolute Gasteiger partial charge is 0.507 e. The van der Waals surface area contributed by atoms with Gasteiger partial charge < -0.3 is 9.51 Å². The molecule has 138 valence electrons. The molecule has 0 fully saturated rings. The topological polar surface area (TPSA) is 37.5 Å². The molecule has 0 bridgehead atoms. The monoisotopic (exact) mass is 414 g/mol. The minimum Gasteiger partial charge on any atom is -0.507 e. The van der Waals surface area contributed by atoms with E-state index < -0.39 is 0 Å². The van der Waals surface area contributed by atoms with Crippen LogP contribution < -0.4 is 0 Å². The second-order valence-corrected chi connectivity index (χ2v) is 9.87. The first-order valence-corrected chi connectivity index (χ1v) is 9.72. The highest BCUT2D eigenvalue weighted by Crippen LogP contribution is 2.42. The molecule has 1 aromatic carbocycles. The number of halogens is 1. The van der Waals surface area contributed by atoms with E-state index in [1.54, 1.807) is 0 Å². The molecule has 26 heavy (non-hydrogen) atoms. The first kappa shape index (κ1) is 19.0. The molecule has 0 atom stereocenters. The molecule has 0 amide bonds. The van der Waals surface area contributed by atoms with Crippen LogP contribution in [0.2, 0.25) is 0 Å². The van der Waals surface area contributed by atoms with E-state index in [1.165, 1.54) is 5.56 Å². The highest BCUT2D eigenvalue weighted by Gasteiger charge is 2.27. The summed E-state index contributed by atoms with van der Waals surface area (Å²) in [5.41, 5.74) is 5.48. The molecule has 3 aromatic rings. The number of phenols is 1. The number of nitrogens with zero attached hydrogens (tertiary/aromatic N) is 2. The molecule has 0 aliphatic heterocycles. The van der Waals surface area contributed by atoms with Gasteiger partial charge in [0.15, 0.2) is 5.65 Å². The molecule has 3 nitrogen and oxygen atoms in total. The van der Waals surface area contributed by atoms with Crippen molar-refractivity contribution in [1.29, 1.82) is 0 Å². The average molecular weight is 415 g/mol. The predicted octanol–water partition coefficient (Wildman–Crippen LogP) is 6.37. The number of phenolic OH excluding ortho intramolecular Hbond substituents is 1. The zero-order valence-corrected chi connectivity index (χ0v) is 18.2. The van der Waals surface area contributed by atoms with Crippen LogP contribution >= 0.6 is 15.9 Å². The van der Waals surface area contributed by atoms with Crippen LogP contribution in [0.1, 0.15) is 58.4 Å². The van der Waals surface area contributed by atoms with Gasteiger partial charge in [0, 0.05) is 23.0 Å². The molecule has 3 rings (SSSR count). The van der Waals surface area contributed by atoms with Crippen molar-refractivity contribution in [1.82, 2.24) is 9.38 Å². The van der Waals surface area contributed by atoms with Crippen LogP contribution in [0, 0.1) is 6.92 Å². The first-order chi connectivity index (χ1) is 11.9. The second-order valence-electron chi connectivity index (χ2n) is 9.02. The quantitative estimate of drug-likeness (QED) is 0.501. The standard InChI is InChI=1S/C22H27BrN2O/c1-13-18(24-20-17(23)9-8-10-25(13)20)15-11-14(21(2,3)4)12-16(19(15)26)22(5,6)7/h8-12,26H,1-7H3. The molecule has 0 saturated heterocycles. The van der Waals surface area contributed by atoms with Crippen molar-refractivity contribution in [3.8, 4) is 17.0 Å². The maximum Gasteiger partial charge on any atom is 0.152 e. The Morgan fingerprint density at radius 2 is 1.69 bits per heavy atom. The lowest BCUT2D eigenvalue weighted by Crippen LogP contribution is -2.17. The molecule has 0 spiro atoms. The average Bonchev–Trinajstić information content (AvgIpc) is 2.84. The smallest absolute Gasteiger partial charge is 0.152 e. The van der Waals surface area contributed by atoms with Crippen molar-refractivity contribution in [3.63, 3.8) is 0 Å². The summed E-state index contributed by atoms with van der Waals surface area (Å²) in [6.45, 7) is 15.0. The van der Waals surface area contributed by atoms with Gasteiger partial charge in [0.25, 0.3) is 0 Å². The lowest BCUT2D eigenvalue weighted by molar-refractivity contribution is 0.446. The number of benzene rings is 1. The van der Waals surface area contributed by atoms with Gasteiger partial charge in [-0.25, -0.2) is 4.98 Å². The number of fused-ring (bicyclic) bond motifs is 1. The minimum atomic E-state index is -0.159. The maximum absolute atomic E-state index is 11.1. The summed E-state index contributed by atoms with van der Waals surface area (Å²) in [7, 11) is 0. The Kier molecular flexibility index (Phi) is 4.47. The number of hydrogen-bond donors (Lipinski definition) is 1. The molecule has 2 aromatic heterocycles. The van der Waals surface area contributed by atoms with Gasteiger partial charge in [0.1, 0.15) is 5.75 Å². The molecule has 0 saturated carbocycles. The summed E-state index contributed by atoms with van der Waals surface area (Å²) >= 11 is 3.58. The Labute approximate surface area is 164 Å². The summed E-state index contributed by atoms with van der Waals surface area (Å²) in [6.07, 6.45) is 2.00. The van der Waals surface area contributed by atoms with Crippen LogP contribution in [0.25, 0.3) is 16.9 Å². The number of hydrogen-bond acceptors (Lipinski definition) is 2. The molecule has 0 aliphatic carbocycles.